The van der Waals surface area contributed by atoms with Crippen LogP contribution in [-0.2, 0) is 6.42 Å². The van der Waals surface area contributed by atoms with Gasteiger partial charge in [0, 0.05) is 16.6 Å². The Balaban J connectivity index is 1.39. The number of carbonyl (C=O) groups excluding carboxylic acids is 1. The van der Waals surface area contributed by atoms with Crippen LogP contribution in [0.4, 0.5) is 5.69 Å². The van der Waals surface area contributed by atoms with Gasteiger partial charge in [0.15, 0.2) is 0 Å². The zero-order chi connectivity index (χ0) is 20.1. The van der Waals surface area contributed by atoms with Crippen LogP contribution in [0.5, 0.6) is 5.75 Å². The van der Waals surface area contributed by atoms with Crippen molar-refractivity contribution in [2.24, 2.45) is 0 Å². The van der Waals surface area contributed by atoms with Crippen LogP contribution >= 0.6 is 11.3 Å². The summed E-state index contributed by atoms with van der Waals surface area (Å²) in [7, 11) is 0. The lowest BCUT2D eigenvalue weighted by molar-refractivity contribution is 0.102. The fourth-order valence-electron chi connectivity index (χ4n) is 2.65. The van der Waals surface area contributed by atoms with E-state index in [-0.39, 0.29) is 5.91 Å². The first-order chi connectivity index (χ1) is 14.2. The van der Waals surface area contributed by atoms with Crippen LogP contribution in [0.15, 0.2) is 64.5 Å². The summed E-state index contributed by atoms with van der Waals surface area (Å²) < 4.78 is 10.7. The van der Waals surface area contributed by atoms with Crippen LogP contribution in [0.1, 0.15) is 28.3 Å². The van der Waals surface area contributed by atoms with Crippen LogP contribution in [-0.4, -0.2) is 27.6 Å². The molecule has 4 aromatic rings. The molecule has 0 atom stereocenters. The number of carbonyl (C=O) groups is 1. The molecule has 1 amide bonds. The van der Waals surface area contributed by atoms with Gasteiger partial charge in [-0.3, -0.25) is 4.79 Å². The van der Waals surface area contributed by atoms with Crippen molar-refractivity contribution in [3.05, 3.63) is 76.6 Å². The molecule has 2 aromatic carbocycles. The second-order valence-corrected chi connectivity index (χ2v) is 7.04. The van der Waals surface area contributed by atoms with Crippen molar-refractivity contribution in [1.29, 1.82) is 0 Å². The molecule has 0 unspecified atom stereocenters. The summed E-state index contributed by atoms with van der Waals surface area (Å²) in [4.78, 5) is 21.2. The summed E-state index contributed by atoms with van der Waals surface area (Å²) in [6, 6.07) is 16.8. The Kier molecular flexibility index (Phi) is 5.62. The zero-order valence-corrected chi connectivity index (χ0v) is 16.5. The highest BCUT2D eigenvalue weighted by molar-refractivity contribution is 7.09. The van der Waals surface area contributed by atoms with Crippen molar-refractivity contribution in [1.82, 2.24) is 15.1 Å². The molecule has 0 saturated carbocycles. The average molecular weight is 406 g/mol. The third-order valence-electron chi connectivity index (χ3n) is 4.01. The lowest BCUT2D eigenvalue weighted by Gasteiger charge is -2.05. The summed E-state index contributed by atoms with van der Waals surface area (Å²) in [5.74, 6) is 1.48. The first-order valence-corrected chi connectivity index (χ1v) is 9.96. The van der Waals surface area contributed by atoms with E-state index in [1.807, 2.05) is 49.4 Å². The average Bonchev–Trinajstić information content (AvgIpc) is 3.41. The number of nitrogens with zero attached hydrogens (tertiary/aromatic N) is 3. The highest BCUT2D eigenvalue weighted by atomic mass is 32.1. The second-order valence-electron chi connectivity index (χ2n) is 6.09. The molecule has 0 bridgehead atoms. The van der Waals surface area contributed by atoms with Gasteiger partial charge in [-0.15, -0.1) is 11.3 Å². The van der Waals surface area contributed by atoms with E-state index in [4.69, 9.17) is 9.26 Å². The number of ether oxygens (including phenoxy) is 1. The Labute approximate surface area is 171 Å². The molecule has 2 heterocycles. The maximum atomic E-state index is 12.4. The Hall–Kier alpha value is -3.52. The third-order valence-corrected chi connectivity index (χ3v) is 4.86. The normalized spacial score (nSPS) is 10.7. The largest absolute Gasteiger partial charge is 0.494 e. The first-order valence-electron chi connectivity index (χ1n) is 9.08. The standard InChI is InChI=1S/C21H18N4O3S/c1-2-27-16-10-8-15(9-11-16)22-21(26)17-13-29-19(23-17)12-18-24-20(25-28-18)14-6-4-3-5-7-14/h3-11,13H,2,12H2,1H3,(H,22,26). The molecule has 0 aliphatic carbocycles. The van der Waals surface area contributed by atoms with Gasteiger partial charge >= 0.3 is 0 Å². The molecule has 0 aliphatic rings. The molecule has 0 fully saturated rings. The first kappa shape index (κ1) is 18.8. The smallest absolute Gasteiger partial charge is 0.275 e. The third kappa shape index (κ3) is 4.67. The highest BCUT2D eigenvalue weighted by Gasteiger charge is 2.15. The number of rotatable bonds is 7. The van der Waals surface area contributed by atoms with Gasteiger partial charge in [0.1, 0.15) is 16.5 Å². The molecule has 4 rings (SSSR count). The molecule has 8 heteroatoms. The lowest BCUT2D eigenvalue weighted by Crippen LogP contribution is -2.12. The molecular weight excluding hydrogens is 388 g/mol. The van der Waals surface area contributed by atoms with Gasteiger partial charge in [0.05, 0.1) is 13.0 Å². The molecule has 0 aliphatic heterocycles. The molecule has 0 radical (unpaired) electrons. The number of anilines is 1. The summed E-state index contributed by atoms with van der Waals surface area (Å²) in [5.41, 5.74) is 1.91. The molecule has 146 valence electrons. The summed E-state index contributed by atoms with van der Waals surface area (Å²) >= 11 is 1.38. The van der Waals surface area contributed by atoms with Crippen LogP contribution in [0.2, 0.25) is 0 Å². The number of benzene rings is 2. The lowest BCUT2D eigenvalue weighted by atomic mass is 10.2. The number of hydrogen-bond acceptors (Lipinski definition) is 7. The van der Waals surface area contributed by atoms with E-state index in [1.54, 1.807) is 17.5 Å². The quantitative estimate of drug-likeness (QED) is 0.488. The Morgan fingerprint density at radius 2 is 1.90 bits per heavy atom. The number of aromatic nitrogens is 3. The van der Waals surface area contributed by atoms with Crippen molar-refractivity contribution in [3.8, 4) is 17.1 Å². The van der Waals surface area contributed by atoms with Gasteiger partial charge in [-0.25, -0.2) is 4.98 Å². The predicted octanol–water partition coefficient (Wildman–Crippen LogP) is 4.43. The van der Waals surface area contributed by atoms with E-state index < -0.39 is 0 Å². The van der Waals surface area contributed by atoms with E-state index in [0.29, 0.717) is 36.1 Å². The summed E-state index contributed by atoms with van der Waals surface area (Å²) in [6.45, 7) is 2.52. The second kappa shape index (κ2) is 8.66. The summed E-state index contributed by atoms with van der Waals surface area (Å²) in [6.07, 6.45) is 0.376. The maximum absolute atomic E-state index is 12.4. The fourth-order valence-corrected chi connectivity index (χ4v) is 3.42. The highest BCUT2D eigenvalue weighted by Crippen LogP contribution is 2.20. The van der Waals surface area contributed by atoms with Gasteiger partial charge in [-0.05, 0) is 31.2 Å². The van der Waals surface area contributed by atoms with Gasteiger partial charge in [-0.1, -0.05) is 35.5 Å². The summed E-state index contributed by atoms with van der Waals surface area (Å²) in [5, 5.41) is 9.27. The fraction of sp³-hybridized carbons (Fsp3) is 0.143. The minimum absolute atomic E-state index is 0.271. The van der Waals surface area contributed by atoms with E-state index in [0.717, 1.165) is 16.3 Å². The number of thiazole rings is 1. The van der Waals surface area contributed by atoms with Gasteiger partial charge in [0.25, 0.3) is 5.91 Å². The van der Waals surface area contributed by atoms with Crippen molar-refractivity contribution < 1.29 is 14.1 Å². The molecule has 0 saturated heterocycles. The van der Waals surface area contributed by atoms with Gasteiger partial charge < -0.3 is 14.6 Å². The van der Waals surface area contributed by atoms with Gasteiger partial charge in [0.2, 0.25) is 11.7 Å². The van der Waals surface area contributed by atoms with Gasteiger partial charge in [-0.2, -0.15) is 4.98 Å². The van der Waals surface area contributed by atoms with Crippen molar-refractivity contribution >= 4 is 22.9 Å². The zero-order valence-electron chi connectivity index (χ0n) is 15.7. The maximum Gasteiger partial charge on any atom is 0.275 e. The van der Waals surface area contributed by atoms with E-state index in [2.05, 4.69) is 20.4 Å². The van der Waals surface area contributed by atoms with Crippen molar-refractivity contribution in [3.63, 3.8) is 0 Å². The van der Waals surface area contributed by atoms with E-state index in [9.17, 15) is 4.79 Å². The molecule has 29 heavy (non-hydrogen) atoms. The van der Waals surface area contributed by atoms with E-state index >= 15 is 0 Å². The van der Waals surface area contributed by atoms with E-state index in [1.165, 1.54) is 11.3 Å². The minimum Gasteiger partial charge on any atom is -0.494 e. The Morgan fingerprint density at radius 1 is 1.10 bits per heavy atom. The van der Waals surface area contributed by atoms with Crippen molar-refractivity contribution in [2.75, 3.05) is 11.9 Å². The molecular formula is C21H18N4O3S. The monoisotopic (exact) mass is 406 g/mol. The minimum atomic E-state index is -0.271. The predicted molar refractivity (Wildman–Crippen MR) is 110 cm³/mol. The topological polar surface area (TPSA) is 90.1 Å². The number of nitrogens with one attached hydrogen (secondary N) is 1. The van der Waals surface area contributed by atoms with Crippen LogP contribution < -0.4 is 10.1 Å². The molecule has 2 aromatic heterocycles. The Morgan fingerprint density at radius 3 is 2.66 bits per heavy atom. The molecule has 1 N–H and O–H groups in total. The van der Waals surface area contributed by atoms with Crippen LogP contribution in [0.3, 0.4) is 0 Å². The SMILES string of the molecule is CCOc1ccc(NC(=O)c2csc(Cc3nc(-c4ccccc4)no3)n2)cc1. The van der Waals surface area contributed by atoms with Crippen LogP contribution in [0.25, 0.3) is 11.4 Å². The van der Waals surface area contributed by atoms with Crippen LogP contribution in [0, 0.1) is 0 Å². The molecule has 7 nitrogen and oxygen atoms in total. The number of amides is 1. The number of hydrogen-bond donors (Lipinski definition) is 1. The molecule has 0 spiro atoms. The Bertz CT molecular complexity index is 1090. The van der Waals surface area contributed by atoms with Crippen molar-refractivity contribution in [2.45, 2.75) is 13.3 Å².